The predicted molar refractivity (Wildman–Crippen MR) is 101 cm³/mol. The first-order chi connectivity index (χ1) is 12.3. The number of benzene rings is 1. The van der Waals surface area contributed by atoms with Gasteiger partial charge >= 0.3 is 0 Å². The molecule has 1 amide bonds. The van der Waals surface area contributed by atoms with E-state index in [1.165, 1.54) is 11.8 Å². The second-order valence-corrected chi connectivity index (χ2v) is 9.65. The summed E-state index contributed by atoms with van der Waals surface area (Å²) in [6.07, 6.45) is 3.94. The Morgan fingerprint density at radius 1 is 1.46 bits per heavy atom. The van der Waals surface area contributed by atoms with Gasteiger partial charge in [0.15, 0.2) is 15.0 Å². The van der Waals surface area contributed by atoms with Gasteiger partial charge in [0.1, 0.15) is 5.75 Å². The van der Waals surface area contributed by atoms with Crippen LogP contribution >= 0.6 is 11.8 Å². The van der Waals surface area contributed by atoms with Crippen molar-refractivity contribution in [2.75, 3.05) is 24.4 Å². The van der Waals surface area contributed by atoms with E-state index in [2.05, 4.69) is 10.3 Å². The number of nitrogens with one attached hydrogen (secondary N) is 1. The third kappa shape index (κ3) is 4.39. The number of ether oxygens (including phenoxy) is 1. The van der Waals surface area contributed by atoms with Crippen molar-refractivity contribution < 1.29 is 17.9 Å². The largest absolute Gasteiger partial charge is 0.497 e. The Morgan fingerprint density at radius 3 is 2.96 bits per heavy atom. The molecule has 0 saturated carbocycles. The van der Waals surface area contributed by atoms with Gasteiger partial charge < -0.3 is 10.1 Å². The smallest absolute Gasteiger partial charge is 0.230 e. The zero-order valence-corrected chi connectivity index (χ0v) is 16.3. The highest BCUT2D eigenvalue weighted by molar-refractivity contribution is 7.99. The maximum atomic E-state index is 12.3. The quantitative estimate of drug-likeness (QED) is 0.748. The summed E-state index contributed by atoms with van der Waals surface area (Å²) in [5, 5.41) is 3.53. The standard InChI is InChI=1S/C17H21N3O4S2/c1-17(6-9-26(22,23)12-17)19-15(21)11-25-16-18-7-8-20(16)13-4-3-5-14(10-13)24-2/h3-5,7-8,10H,6,9,11-12H2,1-2H3,(H,19,21)/t17-/m1/s1. The lowest BCUT2D eigenvalue weighted by Gasteiger charge is -2.23. The average Bonchev–Trinajstić information content (AvgIpc) is 3.16. The normalized spacial score (nSPS) is 21.5. The zero-order valence-electron chi connectivity index (χ0n) is 14.6. The SMILES string of the molecule is COc1cccc(-n2ccnc2SCC(=O)N[C@]2(C)CCS(=O)(=O)C2)c1. The van der Waals surface area contributed by atoms with Crippen molar-refractivity contribution in [3.05, 3.63) is 36.7 Å². The molecule has 0 unspecified atom stereocenters. The maximum Gasteiger partial charge on any atom is 0.230 e. The van der Waals surface area contributed by atoms with E-state index < -0.39 is 15.4 Å². The van der Waals surface area contributed by atoms with Gasteiger partial charge in [-0.15, -0.1) is 0 Å². The number of sulfone groups is 1. The molecule has 1 N–H and O–H groups in total. The molecule has 1 aliphatic rings. The number of imidazole rings is 1. The third-order valence-corrected chi connectivity index (χ3v) is 7.09. The van der Waals surface area contributed by atoms with Gasteiger partial charge in [0.05, 0.1) is 35.6 Å². The molecular weight excluding hydrogens is 374 g/mol. The molecule has 0 spiro atoms. The Labute approximate surface area is 157 Å². The second-order valence-electron chi connectivity index (χ2n) is 6.52. The summed E-state index contributed by atoms with van der Waals surface area (Å²) < 4.78 is 30.4. The van der Waals surface area contributed by atoms with Gasteiger partial charge in [-0.25, -0.2) is 13.4 Å². The summed E-state index contributed by atoms with van der Waals surface area (Å²) in [6, 6.07) is 7.56. The number of hydrogen-bond acceptors (Lipinski definition) is 6. The zero-order chi connectivity index (χ0) is 18.8. The molecule has 1 saturated heterocycles. The number of hydrogen-bond donors (Lipinski definition) is 1. The van der Waals surface area contributed by atoms with Crippen LogP contribution in [0, 0.1) is 0 Å². The number of carbonyl (C=O) groups excluding carboxylic acids is 1. The summed E-state index contributed by atoms with van der Waals surface area (Å²) in [5.41, 5.74) is 0.206. The lowest BCUT2D eigenvalue weighted by molar-refractivity contribution is -0.120. The summed E-state index contributed by atoms with van der Waals surface area (Å²) in [7, 11) is -1.45. The molecule has 2 aromatic rings. The summed E-state index contributed by atoms with van der Waals surface area (Å²) >= 11 is 1.30. The Morgan fingerprint density at radius 2 is 2.27 bits per heavy atom. The number of thioether (sulfide) groups is 1. The molecule has 1 atom stereocenters. The number of carbonyl (C=O) groups is 1. The van der Waals surface area contributed by atoms with Crippen molar-refractivity contribution in [1.82, 2.24) is 14.9 Å². The van der Waals surface area contributed by atoms with Crippen LogP contribution in [-0.2, 0) is 14.6 Å². The fourth-order valence-corrected chi connectivity index (χ4v) is 5.83. The summed E-state index contributed by atoms with van der Waals surface area (Å²) in [5.74, 6) is 0.817. The van der Waals surface area contributed by atoms with Gasteiger partial charge in [-0.3, -0.25) is 9.36 Å². The van der Waals surface area contributed by atoms with E-state index in [0.717, 1.165) is 11.4 Å². The highest BCUT2D eigenvalue weighted by Gasteiger charge is 2.39. The lowest BCUT2D eigenvalue weighted by Crippen LogP contribution is -2.47. The Kier molecular flexibility index (Phi) is 5.29. The van der Waals surface area contributed by atoms with Crippen molar-refractivity contribution in [3.63, 3.8) is 0 Å². The maximum absolute atomic E-state index is 12.3. The molecule has 0 bridgehead atoms. The molecule has 0 aliphatic carbocycles. The van der Waals surface area contributed by atoms with Crippen molar-refractivity contribution in [1.29, 1.82) is 0 Å². The molecule has 7 nitrogen and oxygen atoms in total. The van der Waals surface area contributed by atoms with Gasteiger partial charge in [0, 0.05) is 18.5 Å². The van der Waals surface area contributed by atoms with E-state index in [4.69, 9.17) is 4.74 Å². The van der Waals surface area contributed by atoms with E-state index in [-0.39, 0.29) is 23.2 Å². The van der Waals surface area contributed by atoms with Crippen molar-refractivity contribution in [3.8, 4) is 11.4 Å². The fraction of sp³-hybridized carbons (Fsp3) is 0.412. The van der Waals surface area contributed by atoms with E-state index >= 15 is 0 Å². The lowest BCUT2D eigenvalue weighted by atomic mass is 10.0. The summed E-state index contributed by atoms with van der Waals surface area (Å²) in [6.45, 7) is 1.78. The van der Waals surface area contributed by atoms with Gasteiger partial charge in [0.25, 0.3) is 0 Å². The first-order valence-electron chi connectivity index (χ1n) is 8.12. The van der Waals surface area contributed by atoms with Crippen molar-refractivity contribution in [2.24, 2.45) is 0 Å². The first kappa shape index (κ1) is 18.8. The van der Waals surface area contributed by atoms with Crippen LogP contribution in [0.3, 0.4) is 0 Å². The van der Waals surface area contributed by atoms with Crippen molar-refractivity contribution in [2.45, 2.75) is 24.0 Å². The van der Waals surface area contributed by atoms with Crippen LogP contribution in [0.2, 0.25) is 0 Å². The minimum absolute atomic E-state index is 0.00512. The molecular formula is C17H21N3O4S2. The molecule has 1 fully saturated rings. The molecule has 2 heterocycles. The minimum atomic E-state index is -3.06. The minimum Gasteiger partial charge on any atom is -0.497 e. The second kappa shape index (κ2) is 7.32. The van der Waals surface area contributed by atoms with Crippen LogP contribution in [0.25, 0.3) is 5.69 Å². The fourth-order valence-electron chi connectivity index (χ4n) is 2.97. The molecule has 140 valence electrons. The molecule has 1 aromatic heterocycles. The number of nitrogens with zero attached hydrogens (tertiary/aromatic N) is 2. The number of rotatable bonds is 6. The van der Waals surface area contributed by atoms with Crippen molar-refractivity contribution >= 4 is 27.5 Å². The monoisotopic (exact) mass is 395 g/mol. The third-order valence-electron chi connectivity index (χ3n) is 4.22. The molecule has 26 heavy (non-hydrogen) atoms. The van der Waals surface area contributed by atoms with Crippen LogP contribution in [0.15, 0.2) is 41.8 Å². The van der Waals surface area contributed by atoms with E-state index in [0.29, 0.717) is 11.6 Å². The van der Waals surface area contributed by atoms with Crippen LogP contribution in [0.4, 0.5) is 0 Å². The van der Waals surface area contributed by atoms with E-state index in [1.807, 2.05) is 35.0 Å². The van der Waals surface area contributed by atoms with Crippen LogP contribution < -0.4 is 10.1 Å². The summed E-state index contributed by atoms with van der Waals surface area (Å²) in [4.78, 5) is 16.6. The molecule has 9 heteroatoms. The van der Waals surface area contributed by atoms with E-state index in [1.54, 1.807) is 20.2 Å². The number of amides is 1. The molecule has 0 radical (unpaired) electrons. The molecule has 1 aliphatic heterocycles. The van der Waals surface area contributed by atoms with Crippen LogP contribution in [-0.4, -0.2) is 53.8 Å². The van der Waals surface area contributed by atoms with E-state index in [9.17, 15) is 13.2 Å². The number of methoxy groups -OCH3 is 1. The van der Waals surface area contributed by atoms with Gasteiger partial charge in [-0.1, -0.05) is 17.8 Å². The highest BCUT2D eigenvalue weighted by Crippen LogP contribution is 2.25. The van der Waals surface area contributed by atoms with Crippen LogP contribution in [0.5, 0.6) is 5.75 Å². The van der Waals surface area contributed by atoms with Crippen LogP contribution in [0.1, 0.15) is 13.3 Å². The highest BCUT2D eigenvalue weighted by atomic mass is 32.2. The Hall–Kier alpha value is -2.00. The Balaban J connectivity index is 1.64. The molecule has 3 rings (SSSR count). The predicted octanol–water partition coefficient (Wildman–Crippen LogP) is 1.67. The van der Waals surface area contributed by atoms with Gasteiger partial charge in [-0.2, -0.15) is 0 Å². The average molecular weight is 396 g/mol. The first-order valence-corrected chi connectivity index (χ1v) is 10.9. The number of aromatic nitrogens is 2. The van der Waals surface area contributed by atoms with Gasteiger partial charge in [-0.05, 0) is 25.5 Å². The molecule has 1 aromatic carbocycles. The topological polar surface area (TPSA) is 90.3 Å². The Bertz CT molecular complexity index is 910. The van der Waals surface area contributed by atoms with Gasteiger partial charge in [0.2, 0.25) is 5.91 Å².